The number of aliphatic hydroxyl groups excluding tert-OH is 1. The Bertz CT molecular complexity index is 399. The molecule has 19 heavy (non-hydrogen) atoms. The number of phenols is 1. The molecule has 0 aliphatic heterocycles. The van der Waals surface area contributed by atoms with Crippen LogP contribution in [0.3, 0.4) is 0 Å². The van der Waals surface area contributed by atoms with E-state index in [-0.39, 0.29) is 12.0 Å². The van der Waals surface area contributed by atoms with Crippen molar-refractivity contribution in [3.8, 4) is 5.75 Å². The molecule has 108 valence electrons. The van der Waals surface area contributed by atoms with Gasteiger partial charge in [-0.3, -0.25) is 0 Å². The lowest BCUT2D eigenvalue weighted by Crippen LogP contribution is -2.29. The first kappa shape index (κ1) is 15.9. The van der Waals surface area contributed by atoms with Gasteiger partial charge in [-0.1, -0.05) is 13.8 Å². The van der Waals surface area contributed by atoms with Crippen molar-refractivity contribution in [2.45, 2.75) is 33.2 Å². The van der Waals surface area contributed by atoms with Gasteiger partial charge >= 0.3 is 0 Å². The van der Waals surface area contributed by atoms with Crippen molar-refractivity contribution in [2.75, 3.05) is 13.2 Å². The van der Waals surface area contributed by atoms with E-state index in [1.807, 2.05) is 0 Å². The van der Waals surface area contributed by atoms with Gasteiger partial charge in [0.1, 0.15) is 0 Å². The van der Waals surface area contributed by atoms with Gasteiger partial charge in [0, 0.05) is 19.7 Å². The molecular formula is C14H21F2NO2. The largest absolute Gasteiger partial charge is 0.503 e. The molecular weight excluding hydrogens is 252 g/mol. The van der Waals surface area contributed by atoms with E-state index >= 15 is 0 Å². The summed E-state index contributed by atoms with van der Waals surface area (Å²) in [6, 6.07) is 2.23. The Kier molecular flexibility index (Phi) is 5.69. The van der Waals surface area contributed by atoms with Gasteiger partial charge in [0.2, 0.25) is 0 Å². The predicted molar refractivity (Wildman–Crippen MR) is 69.8 cm³/mol. The summed E-state index contributed by atoms with van der Waals surface area (Å²) in [4.78, 5) is 0. The molecule has 3 N–H and O–H groups in total. The number of benzene rings is 1. The van der Waals surface area contributed by atoms with E-state index in [1.165, 1.54) is 0 Å². The van der Waals surface area contributed by atoms with Crippen LogP contribution >= 0.6 is 0 Å². The number of hydrogen-bond donors (Lipinski definition) is 3. The summed E-state index contributed by atoms with van der Waals surface area (Å²) in [6.07, 6.45) is 1.60. The van der Waals surface area contributed by atoms with Gasteiger partial charge in [-0.05, 0) is 36.0 Å². The Morgan fingerprint density at radius 3 is 2.32 bits per heavy atom. The van der Waals surface area contributed by atoms with Gasteiger partial charge < -0.3 is 15.5 Å². The molecule has 0 saturated carbocycles. The fourth-order valence-corrected chi connectivity index (χ4v) is 1.91. The predicted octanol–water partition coefficient (Wildman–Crippen LogP) is 2.56. The maximum Gasteiger partial charge on any atom is 0.187 e. The Hall–Kier alpha value is -1.20. The van der Waals surface area contributed by atoms with Crippen LogP contribution in [-0.2, 0) is 6.54 Å². The molecule has 0 atom stereocenters. The third kappa shape index (κ3) is 5.12. The molecule has 0 fully saturated rings. The molecule has 1 aromatic carbocycles. The van der Waals surface area contributed by atoms with Crippen molar-refractivity contribution in [1.82, 2.24) is 5.32 Å². The van der Waals surface area contributed by atoms with Gasteiger partial charge in [0.25, 0.3) is 0 Å². The van der Waals surface area contributed by atoms with Crippen molar-refractivity contribution in [2.24, 2.45) is 5.41 Å². The first-order valence-corrected chi connectivity index (χ1v) is 6.34. The van der Waals surface area contributed by atoms with Gasteiger partial charge in [-0.25, -0.2) is 8.78 Å². The highest BCUT2D eigenvalue weighted by Gasteiger charge is 2.17. The lowest BCUT2D eigenvalue weighted by Gasteiger charge is -2.24. The standard InChI is InChI=1S/C14H21F2NO2/c1-14(2,4-3-5-18)9-17-8-10-6-11(15)13(19)12(16)7-10/h6-7,17-19H,3-5,8-9H2,1-2H3. The molecule has 0 aliphatic carbocycles. The van der Waals surface area contributed by atoms with Crippen LogP contribution in [0.25, 0.3) is 0 Å². The van der Waals surface area contributed by atoms with Crippen molar-refractivity contribution in [1.29, 1.82) is 0 Å². The van der Waals surface area contributed by atoms with Crippen molar-refractivity contribution >= 4 is 0 Å². The molecule has 0 unspecified atom stereocenters. The molecule has 0 radical (unpaired) electrons. The maximum atomic E-state index is 13.1. The van der Waals surface area contributed by atoms with Crippen molar-refractivity contribution in [3.63, 3.8) is 0 Å². The first-order valence-electron chi connectivity index (χ1n) is 6.34. The minimum atomic E-state index is -0.948. The highest BCUT2D eigenvalue weighted by Crippen LogP contribution is 2.23. The summed E-state index contributed by atoms with van der Waals surface area (Å²) in [5.74, 6) is -2.83. The minimum Gasteiger partial charge on any atom is -0.503 e. The number of nitrogens with one attached hydrogen (secondary N) is 1. The zero-order valence-electron chi connectivity index (χ0n) is 11.3. The van der Waals surface area contributed by atoms with Gasteiger partial charge in [-0.15, -0.1) is 0 Å². The maximum absolute atomic E-state index is 13.1. The molecule has 0 aliphatic rings. The van der Waals surface area contributed by atoms with Gasteiger partial charge in [-0.2, -0.15) is 0 Å². The van der Waals surface area contributed by atoms with Gasteiger partial charge in [0.05, 0.1) is 0 Å². The quantitative estimate of drug-likeness (QED) is 0.715. The van der Waals surface area contributed by atoms with E-state index in [2.05, 4.69) is 19.2 Å². The second-order valence-corrected chi connectivity index (χ2v) is 5.50. The molecule has 0 bridgehead atoms. The molecule has 0 aromatic heterocycles. The molecule has 0 amide bonds. The van der Waals surface area contributed by atoms with E-state index in [4.69, 9.17) is 10.2 Å². The van der Waals surface area contributed by atoms with Crippen LogP contribution < -0.4 is 5.32 Å². The molecule has 0 spiro atoms. The van der Waals surface area contributed by atoms with Crippen LogP contribution in [-0.4, -0.2) is 23.4 Å². The number of hydrogen-bond acceptors (Lipinski definition) is 3. The third-order valence-electron chi connectivity index (χ3n) is 3.02. The topological polar surface area (TPSA) is 52.5 Å². The smallest absolute Gasteiger partial charge is 0.187 e. The van der Waals surface area contributed by atoms with Crippen LogP contribution in [0.4, 0.5) is 8.78 Å². The van der Waals surface area contributed by atoms with Gasteiger partial charge in [0.15, 0.2) is 17.4 Å². The fourth-order valence-electron chi connectivity index (χ4n) is 1.91. The third-order valence-corrected chi connectivity index (χ3v) is 3.02. The van der Waals surface area contributed by atoms with E-state index in [9.17, 15) is 8.78 Å². The fraction of sp³-hybridized carbons (Fsp3) is 0.571. The minimum absolute atomic E-state index is 0.0107. The summed E-state index contributed by atoms with van der Waals surface area (Å²) in [6.45, 7) is 5.30. The SMILES string of the molecule is CC(C)(CCCO)CNCc1cc(F)c(O)c(F)c1. The summed E-state index contributed by atoms with van der Waals surface area (Å²) < 4.78 is 26.2. The van der Waals surface area contributed by atoms with Crippen LogP contribution in [0.1, 0.15) is 32.3 Å². The average Bonchev–Trinajstić information content (AvgIpc) is 2.33. The Morgan fingerprint density at radius 2 is 1.79 bits per heavy atom. The Labute approximate surface area is 112 Å². The van der Waals surface area contributed by atoms with E-state index < -0.39 is 17.4 Å². The lowest BCUT2D eigenvalue weighted by molar-refractivity contribution is 0.236. The van der Waals surface area contributed by atoms with Crippen LogP contribution in [0.5, 0.6) is 5.75 Å². The number of aromatic hydroxyl groups is 1. The summed E-state index contributed by atoms with van der Waals surface area (Å²) in [7, 11) is 0. The van der Waals surface area contributed by atoms with Crippen LogP contribution in [0.15, 0.2) is 12.1 Å². The summed E-state index contributed by atoms with van der Waals surface area (Å²) in [5, 5.41) is 20.9. The lowest BCUT2D eigenvalue weighted by atomic mass is 9.88. The van der Waals surface area contributed by atoms with E-state index in [0.29, 0.717) is 18.7 Å². The van der Waals surface area contributed by atoms with Crippen molar-refractivity contribution in [3.05, 3.63) is 29.3 Å². The first-order chi connectivity index (χ1) is 8.85. The average molecular weight is 273 g/mol. The molecule has 0 heterocycles. The van der Waals surface area contributed by atoms with Crippen LogP contribution in [0, 0.1) is 17.0 Å². The highest BCUT2D eigenvalue weighted by molar-refractivity contribution is 5.29. The zero-order chi connectivity index (χ0) is 14.5. The number of aliphatic hydroxyl groups is 1. The van der Waals surface area contributed by atoms with Crippen LogP contribution in [0.2, 0.25) is 0 Å². The summed E-state index contributed by atoms with van der Waals surface area (Å²) >= 11 is 0. The molecule has 5 heteroatoms. The second-order valence-electron chi connectivity index (χ2n) is 5.50. The Morgan fingerprint density at radius 1 is 1.21 bits per heavy atom. The zero-order valence-corrected chi connectivity index (χ0v) is 11.3. The van der Waals surface area contributed by atoms with E-state index in [0.717, 1.165) is 25.0 Å². The monoisotopic (exact) mass is 273 g/mol. The number of rotatable bonds is 7. The number of halogens is 2. The normalized spacial score (nSPS) is 11.8. The summed E-state index contributed by atoms with van der Waals surface area (Å²) in [5.41, 5.74) is 0.460. The molecule has 1 aromatic rings. The molecule has 3 nitrogen and oxygen atoms in total. The number of phenolic OH excluding ortho intramolecular Hbond substituents is 1. The van der Waals surface area contributed by atoms with Crippen molar-refractivity contribution < 1.29 is 19.0 Å². The molecule has 1 rings (SSSR count). The Balaban J connectivity index is 2.49. The molecule has 0 saturated heterocycles. The highest BCUT2D eigenvalue weighted by atomic mass is 19.1. The van der Waals surface area contributed by atoms with E-state index in [1.54, 1.807) is 0 Å². The second kappa shape index (κ2) is 6.82.